The lowest BCUT2D eigenvalue weighted by molar-refractivity contribution is 0.0187. The van der Waals surface area contributed by atoms with E-state index < -0.39 is 0 Å². The van der Waals surface area contributed by atoms with Gasteiger partial charge < -0.3 is 29.6 Å². The van der Waals surface area contributed by atoms with Gasteiger partial charge in [-0.05, 0) is 254 Å². The summed E-state index contributed by atoms with van der Waals surface area (Å²) < 4.78 is 0. The van der Waals surface area contributed by atoms with Crippen LogP contribution in [0.3, 0.4) is 0 Å². The van der Waals surface area contributed by atoms with Crippen LogP contribution in [0.2, 0.25) is 0 Å². The molecule has 0 spiro atoms. The lowest BCUT2D eigenvalue weighted by Crippen LogP contribution is -2.48. The summed E-state index contributed by atoms with van der Waals surface area (Å²) in [5.41, 5.74) is 0.603. The third kappa shape index (κ3) is 23.3. The molecule has 7 saturated heterocycles. The molecule has 7 nitrogen and oxygen atoms in total. The molecule has 4 bridgehead atoms. The maximum atomic E-state index is 9.56. The summed E-state index contributed by atoms with van der Waals surface area (Å²) in [4.78, 5) is 15.6. The fourth-order valence-electron chi connectivity index (χ4n) is 12.4. The Hall–Kier alpha value is -0.280. The standard InChI is InChI=1S/C10H19NO.C10H19N.2C10H21N.2C9H19N.CH4/c1-7(2)11-8-3-4-9(11)6-10(12)5-8;1-8(2)11-6-9-3-4-10(5-9)7-11;1-9(2)11-7-5-10(3,4)6-8-11;1-9(2)11-7-5-4-6-10(3)8-11;1-8(2)10-6-4-9(3)5-7-10;1-9(2)10-7-5-3-4-6-8-10;/h7-10,12H,3-6H2,1-2H3;8-10H,3-7H2,1-2H3;9H,5-8H2,1-4H3;9-10H,4-8H2,1-3H3;8-9H,4-7H2,1-3H3;9H,3-8H2,1-2H3;1H4. The molecule has 1 saturated carbocycles. The van der Waals surface area contributed by atoms with Crippen LogP contribution in [-0.4, -0.2) is 154 Å². The number of nitrogens with zero attached hydrogens (tertiary/aromatic N) is 6. The van der Waals surface area contributed by atoms with Crippen molar-refractivity contribution in [1.82, 2.24) is 29.4 Å². The zero-order chi connectivity index (χ0) is 48.3. The number of aliphatic hydroxyl groups is 1. The van der Waals surface area contributed by atoms with Gasteiger partial charge in [0.1, 0.15) is 0 Å². The molecule has 7 heterocycles. The van der Waals surface area contributed by atoms with Crippen molar-refractivity contribution in [3.8, 4) is 0 Å². The molecule has 0 aromatic rings. The van der Waals surface area contributed by atoms with E-state index in [0.29, 0.717) is 23.5 Å². The van der Waals surface area contributed by atoms with Crippen LogP contribution >= 0.6 is 0 Å². The fraction of sp³-hybridized carbons (Fsp3) is 1.00. The third-order valence-corrected chi connectivity index (χ3v) is 17.2. The summed E-state index contributed by atoms with van der Waals surface area (Å²) in [5.74, 6) is 3.99. The molecule has 0 aromatic heterocycles. The number of rotatable bonds is 6. The van der Waals surface area contributed by atoms with Gasteiger partial charge in [0, 0.05) is 68.0 Å². The number of likely N-dealkylation sites (tertiary alicyclic amines) is 5. The molecule has 8 fully saturated rings. The van der Waals surface area contributed by atoms with Gasteiger partial charge in [-0.25, -0.2) is 0 Å². The van der Waals surface area contributed by atoms with Gasteiger partial charge in [-0.3, -0.25) is 4.90 Å². The molecule has 66 heavy (non-hydrogen) atoms. The molecule has 5 unspecified atom stereocenters. The lowest BCUT2D eigenvalue weighted by atomic mass is 9.82. The Bertz CT molecular complexity index is 1140. The van der Waals surface area contributed by atoms with Gasteiger partial charge in [0.25, 0.3) is 0 Å². The highest BCUT2D eigenvalue weighted by Crippen LogP contribution is 2.38. The second-order valence-corrected chi connectivity index (χ2v) is 25.5. The molecule has 5 atom stereocenters. The van der Waals surface area contributed by atoms with Crippen molar-refractivity contribution in [1.29, 1.82) is 0 Å². The summed E-state index contributed by atoms with van der Waals surface area (Å²) in [5, 5.41) is 9.56. The molecule has 1 N–H and O–H groups in total. The Morgan fingerprint density at radius 2 is 0.803 bits per heavy atom. The minimum absolute atomic E-state index is 0. The van der Waals surface area contributed by atoms with Gasteiger partial charge >= 0.3 is 0 Å². The van der Waals surface area contributed by atoms with Crippen molar-refractivity contribution in [2.45, 2.75) is 288 Å². The predicted molar refractivity (Wildman–Crippen MR) is 293 cm³/mol. The summed E-state index contributed by atoms with van der Waals surface area (Å²) in [6.45, 7) is 50.3. The van der Waals surface area contributed by atoms with Gasteiger partial charge in [0.15, 0.2) is 0 Å². The first-order valence-electron chi connectivity index (χ1n) is 28.8. The number of fused-ring (bicyclic) bond motifs is 4. The van der Waals surface area contributed by atoms with Crippen molar-refractivity contribution >= 4 is 0 Å². The largest absolute Gasteiger partial charge is 0.393 e. The second-order valence-electron chi connectivity index (χ2n) is 25.5. The van der Waals surface area contributed by atoms with Gasteiger partial charge in [-0.15, -0.1) is 0 Å². The molecule has 0 radical (unpaired) electrons. The molecule has 1 aliphatic carbocycles. The van der Waals surface area contributed by atoms with Gasteiger partial charge in [0.05, 0.1) is 6.10 Å². The Labute approximate surface area is 415 Å². The van der Waals surface area contributed by atoms with Crippen LogP contribution in [0, 0.1) is 29.1 Å². The Morgan fingerprint density at radius 3 is 1.24 bits per heavy atom. The molecule has 0 amide bonds. The van der Waals surface area contributed by atoms with E-state index in [1.54, 1.807) is 0 Å². The van der Waals surface area contributed by atoms with Crippen molar-refractivity contribution in [2.75, 3.05) is 65.4 Å². The van der Waals surface area contributed by atoms with Crippen LogP contribution in [0.1, 0.15) is 234 Å². The lowest BCUT2D eigenvalue weighted by Gasteiger charge is -2.39. The smallest absolute Gasteiger partial charge is 0.0570 e. The molecular formula is C59H122N6O. The minimum Gasteiger partial charge on any atom is -0.393 e. The van der Waals surface area contributed by atoms with Gasteiger partial charge in [-0.1, -0.05) is 54.4 Å². The zero-order valence-electron chi connectivity index (χ0n) is 46.9. The van der Waals surface area contributed by atoms with E-state index in [4.69, 9.17) is 0 Å². The SMILES string of the molecule is C.CC(C)N1C2CCC1CC(O)C2.CC(C)N1CC2CCC(C2)C1.CC(C)N1CCC(C)(C)CC1.CC(C)N1CCCCCC1.CC1CCCCN(C(C)C)C1.CC1CCN(C(C)C)CC1. The fourth-order valence-corrected chi connectivity index (χ4v) is 12.4. The van der Waals surface area contributed by atoms with Crippen LogP contribution in [0.25, 0.3) is 0 Å². The van der Waals surface area contributed by atoms with E-state index in [-0.39, 0.29) is 13.5 Å². The van der Waals surface area contributed by atoms with Crippen molar-refractivity contribution in [3.05, 3.63) is 0 Å². The highest BCUT2D eigenvalue weighted by molar-refractivity contribution is 4.96. The van der Waals surface area contributed by atoms with Crippen LogP contribution in [0.15, 0.2) is 0 Å². The monoisotopic (exact) mass is 931 g/mol. The zero-order valence-corrected chi connectivity index (χ0v) is 46.9. The van der Waals surface area contributed by atoms with Crippen molar-refractivity contribution in [2.24, 2.45) is 29.1 Å². The van der Waals surface area contributed by atoms with E-state index in [9.17, 15) is 5.11 Å². The summed E-state index contributed by atoms with van der Waals surface area (Å²) in [6.07, 6.45) is 24.7. The van der Waals surface area contributed by atoms with Gasteiger partial charge in [-0.2, -0.15) is 0 Å². The number of aliphatic hydroxyl groups excluding tert-OH is 1. The Morgan fingerprint density at radius 1 is 0.394 bits per heavy atom. The maximum absolute atomic E-state index is 9.56. The molecule has 7 heteroatoms. The summed E-state index contributed by atoms with van der Waals surface area (Å²) in [7, 11) is 0. The molecule has 8 rings (SSSR count). The van der Waals surface area contributed by atoms with Gasteiger partial charge in [0.2, 0.25) is 0 Å². The van der Waals surface area contributed by atoms with Crippen LogP contribution < -0.4 is 0 Å². The Kier molecular flexibility index (Phi) is 29.9. The summed E-state index contributed by atoms with van der Waals surface area (Å²) in [6, 6.07) is 5.80. The minimum atomic E-state index is -0.0162. The van der Waals surface area contributed by atoms with Crippen LogP contribution in [-0.2, 0) is 0 Å². The maximum Gasteiger partial charge on any atom is 0.0570 e. The molecule has 7 aliphatic heterocycles. The molecule has 0 aromatic carbocycles. The predicted octanol–water partition coefficient (Wildman–Crippen LogP) is 13.6. The first-order valence-corrected chi connectivity index (χ1v) is 28.8. The van der Waals surface area contributed by atoms with Crippen LogP contribution in [0.5, 0.6) is 0 Å². The first-order chi connectivity index (χ1) is 30.6. The summed E-state index contributed by atoms with van der Waals surface area (Å²) >= 11 is 0. The van der Waals surface area contributed by atoms with E-state index in [0.717, 1.165) is 66.7 Å². The quantitative estimate of drug-likeness (QED) is 0.285. The van der Waals surface area contributed by atoms with Crippen molar-refractivity contribution in [3.63, 3.8) is 0 Å². The van der Waals surface area contributed by atoms with Crippen LogP contribution in [0.4, 0.5) is 0 Å². The van der Waals surface area contributed by atoms with Crippen molar-refractivity contribution < 1.29 is 5.11 Å². The first kappa shape index (κ1) is 61.8. The van der Waals surface area contributed by atoms with E-state index in [1.165, 1.54) is 168 Å². The average molecular weight is 932 g/mol. The van der Waals surface area contributed by atoms with E-state index in [1.807, 2.05) is 0 Å². The number of piperidine rings is 4. The topological polar surface area (TPSA) is 39.7 Å². The molecule has 394 valence electrons. The van der Waals surface area contributed by atoms with E-state index >= 15 is 0 Å². The highest BCUT2D eigenvalue weighted by atomic mass is 16.3. The normalized spacial score (nSPS) is 30.4. The number of hydrogen-bond acceptors (Lipinski definition) is 7. The van der Waals surface area contributed by atoms with E-state index in [2.05, 4.69) is 140 Å². The molecular weight excluding hydrogens is 809 g/mol. The third-order valence-electron chi connectivity index (χ3n) is 17.2. The Balaban J connectivity index is 0.000000272. The second kappa shape index (κ2) is 31.9. The molecule has 8 aliphatic rings. The average Bonchev–Trinajstić information content (AvgIpc) is 3.47. The number of hydrogen-bond donors (Lipinski definition) is 1. The highest BCUT2D eigenvalue weighted by Gasteiger charge is 2.41.